The summed E-state index contributed by atoms with van der Waals surface area (Å²) in [6.07, 6.45) is 0. The highest BCUT2D eigenvalue weighted by molar-refractivity contribution is 9.10. The summed E-state index contributed by atoms with van der Waals surface area (Å²) in [5, 5.41) is 13.4. The lowest BCUT2D eigenvalue weighted by Gasteiger charge is -2.12. The molecule has 2 amide bonds. The maximum absolute atomic E-state index is 12.6. The van der Waals surface area contributed by atoms with E-state index in [0.717, 1.165) is 10.0 Å². The molecule has 3 aromatic rings. The standard InChI is InChI=1S/C21H22BrN5O4/c1-12-5-7-16(15(22)9-12)24-21(29)20-13(2)27(26-25-20)11-19(28)23-17-8-6-14(30-3)10-18(17)31-4/h5-10H,11H2,1-4H3,(H,23,28)(H,24,29). The van der Waals surface area contributed by atoms with E-state index in [2.05, 4.69) is 36.9 Å². The quantitative estimate of drug-likeness (QED) is 0.527. The van der Waals surface area contributed by atoms with Gasteiger partial charge in [-0.2, -0.15) is 0 Å². The Morgan fingerprint density at radius 2 is 1.77 bits per heavy atom. The molecule has 1 heterocycles. The predicted octanol–water partition coefficient (Wildman–Crippen LogP) is 3.57. The van der Waals surface area contributed by atoms with Crippen LogP contribution in [0.15, 0.2) is 40.9 Å². The smallest absolute Gasteiger partial charge is 0.278 e. The lowest BCUT2D eigenvalue weighted by Crippen LogP contribution is -2.21. The Kier molecular flexibility index (Phi) is 6.91. The fourth-order valence-electron chi connectivity index (χ4n) is 2.85. The summed E-state index contributed by atoms with van der Waals surface area (Å²) in [6, 6.07) is 10.7. The summed E-state index contributed by atoms with van der Waals surface area (Å²) in [5.41, 5.74) is 2.79. The van der Waals surface area contributed by atoms with E-state index in [4.69, 9.17) is 9.47 Å². The predicted molar refractivity (Wildman–Crippen MR) is 120 cm³/mol. The maximum Gasteiger partial charge on any atom is 0.278 e. The van der Waals surface area contributed by atoms with Gasteiger partial charge in [0.15, 0.2) is 5.69 Å². The van der Waals surface area contributed by atoms with Crippen molar-refractivity contribution in [3.05, 3.63) is 57.8 Å². The molecule has 0 atom stereocenters. The summed E-state index contributed by atoms with van der Waals surface area (Å²) in [6.45, 7) is 3.52. The number of methoxy groups -OCH3 is 2. The molecule has 0 radical (unpaired) electrons. The SMILES string of the molecule is COc1ccc(NC(=O)Cn2nnc(C(=O)Nc3ccc(C)cc3Br)c2C)c(OC)c1. The van der Waals surface area contributed by atoms with Crippen LogP contribution in [0.1, 0.15) is 21.7 Å². The van der Waals surface area contributed by atoms with Gasteiger partial charge in [-0.25, -0.2) is 4.68 Å². The molecule has 9 nitrogen and oxygen atoms in total. The van der Waals surface area contributed by atoms with E-state index in [1.807, 2.05) is 19.1 Å². The zero-order valence-electron chi connectivity index (χ0n) is 17.5. The lowest BCUT2D eigenvalue weighted by atomic mass is 10.2. The minimum Gasteiger partial charge on any atom is -0.497 e. The van der Waals surface area contributed by atoms with E-state index in [1.54, 1.807) is 38.3 Å². The zero-order chi connectivity index (χ0) is 22.5. The number of halogens is 1. The van der Waals surface area contributed by atoms with Crippen molar-refractivity contribution in [2.75, 3.05) is 24.9 Å². The van der Waals surface area contributed by atoms with Crippen LogP contribution in [0.4, 0.5) is 11.4 Å². The van der Waals surface area contributed by atoms with Gasteiger partial charge in [-0.3, -0.25) is 9.59 Å². The number of carbonyl (C=O) groups is 2. The topological polar surface area (TPSA) is 107 Å². The van der Waals surface area contributed by atoms with Crippen LogP contribution in [0.3, 0.4) is 0 Å². The molecule has 0 saturated heterocycles. The van der Waals surface area contributed by atoms with Crippen LogP contribution in [0, 0.1) is 13.8 Å². The molecule has 1 aromatic heterocycles. The van der Waals surface area contributed by atoms with Gasteiger partial charge in [0.25, 0.3) is 5.91 Å². The number of nitrogens with zero attached hydrogens (tertiary/aromatic N) is 3. The van der Waals surface area contributed by atoms with E-state index >= 15 is 0 Å². The van der Waals surface area contributed by atoms with Crippen LogP contribution in [0.25, 0.3) is 0 Å². The number of aryl methyl sites for hydroxylation is 1. The summed E-state index contributed by atoms with van der Waals surface area (Å²) in [5.74, 6) is 0.319. The average Bonchev–Trinajstić information content (AvgIpc) is 3.10. The Labute approximate surface area is 187 Å². The molecule has 162 valence electrons. The van der Waals surface area contributed by atoms with Crippen LogP contribution < -0.4 is 20.1 Å². The first kappa shape index (κ1) is 22.3. The molecule has 2 N–H and O–H groups in total. The number of nitrogens with one attached hydrogen (secondary N) is 2. The summed E-state index contributed by atoms with van der Waals surface area (Å²) < 4.78 is 12.6. The third kappa shape index (κ3) is 5.21. The van der Waals surface area contributed by atoms with Crippen molar-refractivity contribution >= 4 is 39.1 Å². The van der Waals surface area contributed by atoms with Crippen LogP contribution in [-0.2, 0) is 11.3 Å². The van der Waals surface area contributed by atoms with E-state index in [0.29, 0.717) is 28.6 Å². The largest absolute Gasteiger partial charge is 0.497 e. The number of carbonyl (C=O) groups excluding carboxylic acids is 2. The number of anilines is 2. The van der Waals surface area contributed by atoms with Crippen molar-refractivity contribution in [1.82, 2.24) is 15.0 Å². The van der Waals surface area contributed by atoms with Gasteiger partial charge >= 0.3 is 0 Å². The molecule has 0 aliphatic rings. The Morgan fingerprint density at radius 3 is 2.45 bits per heavy atom. The normalized spacial score (nSPS) is 10.5. The number of rotatable bonds is 7. The number of hydrogen-bond donors (Lipinski definition) is 2. The van der Waals surface area contributed by atoms with Gasteiger partial charge in [0.05, 0.1) is 31.3 Å². The van der Waals surface area contributed by atoms with Crippen LogP contribution in [-0.4, -0.2) is 41.0 Å². The maximum atomic E-state index is 12.6. The van der Waals surface area contributed by atoms with Crippen molar-refractivity contribution in [1.29, 1.82) is 0 Å². The third-order valence-electron chi connectivity index (χ3n) is 4.55. The molecule has 0 aliphatic carbocycles. The van der Waals surface area contributed by atoms with E-state index in [9.17, 15) is 9.59 Å². The Balaban J connectivity index is 1.70. The second-order valence-electron chi connectivity index (χ2n) is 6.73. The molecule has 31 heavy (non-hydrogen) atoms. The Hall–Kier alpha value is -3.40. The minimum absolute atomic E-state index is 0.116. The monoisotopic (exact) mass is 487 g/mol. The number of hydrogen-bond acceptors (Lipinski definition) is 6. The molecule has 0 saturated carbocycles. The molecule has 10 heteroatoms. The highest BCUT2D eigenvalue weighted by atomic mass is 79.9. The van der Waals surface area contributed by atoms with Crippen LogP contribution in [0.5, 0.6) is 11.5 Å². The van der Waals surface area contributed by atoms with E-state index < -0.39 is 5.91 Å². The number of ether oxygens (including phenoxy) is 2. The fraction of sp³-hybridized carbons (Fsp3) is 0.238. The van der Waals surface area contributed by atoms with Gasteiger partial charge in [-0.1, -0.05) is 11.3 Å². The average molecular weight is 488 g/mol. The van der Waals surface area contributed by atoms with Crippen molar-refractivity contribution < 1.29 is 19.1 Å². The van der Waals surface area contributed by atoms with Gasteiger partial charge in [0.2, 0.25) is 5.91 Å². The Morgan fingerprint density at radius 1 is 1.03 bits per heavy atom. The van der Waals surface area contributed by atoms with Crippen molar-refractivity contribution in [2.24, 2.45) is 0 Å². The molecule has 0 fully saturated rings. The second kappa shape index (κ2) is 9.61. The number of aromatic nitrogens is 3. The van der Waals surface area contributed by atoms with Gasteiger partial charge in [0, 0.05) is 10.5 Å². The first-order valence-corrected chi connectivity index (χ1v) is 10.1. The van der Waals surface area contributed by atoms with Gasteiger partial charge < -0.3 is 20.1 Å². The molecule has 0 spiro atoms. The zero-order valence-corrected chi connectivity index (χ0v) is 19.1. The summed E-state index contributed by atoms with van der Waals surface area (Å²) in [4.78, 5) is 25.1. The first-order chi connectivity index (χ1) is 14.8. The number of amides is 2. The van der Waals surface area contributed by atoms with E-state index in [1.165, 1.54) is 11.8 Å². The number of benzene rings is 2. The molecule has 3 rings (SSSR count). The van der Waals surface area contributed by atoms with Gasteiger partial charge in [-0.15, -0.1) is 5.10 Å². The van der Waals surface area contributed by atoms with Crippen LogP contribution >= 0.6 is 15.9 Å². The fourth-order valence-corrected chi connectivity index (χ4v) is 3.44. The Bertz CT molecular complexity index is 1130. The van der Waals surface area contributed by atoms with E-state index in [-0.39, 0.29) is 18.1 Å². The van der Waals surface area contributed by atoms with Crippen molar-refractivity contribution in [3.8, 4) is 11.5 Å². The highest BCUT2D eigenvalue weighted by Crippen LogP contribution is 2.29. The van der Waals surface area contributed by atoms with Crippen molar-refractivity contribution in [3.63, 3.8) is 0 Å². The highest BCUT2D eigenvalue weighted by Gasteiger charge is 2.19. The summed E-state index contributed by atoms with van der Waals surface area (Å²) in [7, 11) is 3.05. The van der Waals surface area contributed by atoms with Crippen molar-refractivity contribution in [2.45, 2.75) is 20.4 Å². The second-order valence-corrected chi connectivity index (χ2v) is 7.59. The molecular formula is C21H22BrN5O4. The first-order valence-electron chi connectivity index (χ1n) is 9.32. The van der Waals surface area contributed by atoms with Gasteiger partial charge in [0.1, 0.15) is 18.0 Å². The third-order valence-corrected chi connectivity index (χ3v) is 5.20. The summed E-state index contributed by atoms with van der Waals surface area (Å²) >= 11 is 3.43. The van der Waals surface area contributed by atoms with Crippen LogP contribution in [0.2, 0.25) is 0 Å². The molecule has 0 aliphatic heterocycles. The molecule has 2 aromatic carbocycles. The van der Waals surface area contributed by atoms with Gasteiger partial charge in [-0.05, 0) is 59.6 Å². The molecule has 0 unspecified atom stereocenters. The molecular weight excluding hydrogens is 466 g/mol. The lowest BCUT2D eigenvalue weighted by molar-refractivity contribution is -0.117. The minimum atomic E-state index is -0.412. The molecule has 0 bridgehead atoms.